The quantitative estimate of drug-likeness (QED) is 0.574. The number of nitrogens with zero attached hydrogens (tertiary/aromatic N) is 1. The van der Waals surface area contributed by atoms with Crippen molar-refractivity contribution in [3.8, 4) is 0 Å². The Hall–Kier alpha value is -1.27. The van der Waals surface area contributed by atoms with E-state index in [1.165, 1.54) is 11.1 Å². The van der Waals surface area contributed by atoms with E-state index < -0.39 is 8.80 Å². The monoisotopic (exact) mass is 305 g/mol. The van der Waals surface area contributed by atoms with E-state index >= 15 is 0 Å². The van der Waals surface area contributed by atoms with Gasteiger partial charge in [0.15, 0.2) is 0 Å². The van der Waals surface area contributed by atoms with Gasteiger partial charge in [-0.2, -0.15) is 0 Å². The Morgan fingerprint density at radius 3 is 2.52 bits per heavy atom. The van der Waals surface area contributed by atoms with Crippen molar-refractivity contribution in [1.29, 1.82) is 0 Å². The second-order valence-corrected chi connectivity index (χ2v) is 8.01. The molecule has 4 nitrogen and oxygen atoms in total. The summed E-state index contributed by atoms with van der Waals surface area (Å²) in [5, 5.41) is 0. The molecule has 5 heteroatoms. The maximum Gasteiger partial charge on any atom is 0.500 e. The van der Waals surface area contributed by atoms with E-state index in [9.17, 15) is 0 Å². The van der Waals surface area contributed by atoms with Crippen LogP contribution in [0.3, 0.4) is 0 Å². The molecule has 0 N–H and O–H groups in total. The maximum absolute atomic E-state index is 5.42. The smallest absolute Gasteiger partial charge is 0.377 e. The second kappa shape index (κ2) is 7.65. The van der Waals surface area contributed by atoms with Crippen molar-refractivity contribution in [1.82, 2.24) is 0 Å². The van der Waals surface area contributed by atoms with Gasteiger partial charge in [0.2, 0.25) is 0 Å². The average molecular weight is 305 g/mol. The van der Waals surface area contributed by atoms with E-state index in [2.05, 4.69) is 36.4 Å². The lowest BCUT2D eigenvalue weighted by Crippen LogP contribution is -2.42. The molecular formula is C16H23NO3Si. The number of hydrogen-bond acceptors (Lipinski definition) is 4. The molecule has 0 aromatic heterocycles. The third-order valence-corrected chi connectivity index (χ3v) is 6.59. The first-order valence-corrected chi connectivity index (χ1v) is 9.12. The van der Waals surface area contributed by atoms with Crippen LogP contribution >= 0.6 is 0 Å². The lowest BCUT2D eigenvalue weighted by atomic mass is 9.95. The van der Waals surface area contributed by atoms with Crippen LogP contribution in [0, 0.1) is 0 Å². The molecule has 0 radical (unpaired) electrons. The van der Waals surface area contributed by atoms with Crippen molar-refractivity contribution in [3.05, 3.63) is 41.5 Å². The van der Waals surface area contributed by atoms with Gasteiger partial charge in [-0.05, 0) is 12.0 Å². The molecule has 0 spiro atoms. The molecular weight excluding hydrogens is 282 g/mol. The summed E-state index contributed by atoms with van der Waals surface area (Å²) in [5.74, 6) is 0. The minimum Gasteiger partial charge on any atom is -0.377 e. The van der Waals surface area contributed by atoms with Gasteiger partial charge in [0, 0.05) is 51.6 Å². The fraction of sp³-hybridized carbons (Fsp3) is 0.438. The van der Waals surface area contributed by atoms with E-state index in [1.54, 1.807) is 21.3 Å². The summed E-state index contributed by atoms with van der Waals surface area (Å²) in [6.45, 7) is 0.766. The van der Waals surface area contributed by atoms with Crippen LogP contribution in [0.15, 0.2) is 35.3 Å². The summed E-state index contributed by atoms with van der Waals surface area (Å²) < 4.78 is 16.3. The van der Waals surface area contributed by atoms with Gasteiger partial charge in [-0.3, -0.25) is 4.99 Å². The molecule has 21 heavy (non-hydrogen) atoms. The zero-order valence-corrected chi connectivity index (χ0v) is 14.0. The van der Waals surface area contributed by atoms with Crippen molar-refractivity contribution >= 4 is 20.6 Å². The summed E-state index contributed by atoms with van der Waals surface area (Å²) in [5.41, 5.74) is 3.65. The summed E-state index contributed by atoms with van der Waals surface area (Å²) in [6.07, 6.45) is 6.13. The lowest BCUT2D eigenvalue weighted by Gasteiger charge is -2.23. The van der Waals surface area contributed by atoms with Crippen LogP contribution in [0.2, 0.25) is 6.04 Å². The van der Waals surface area contributed by atoms with Crippen LogP contribution in [0.1, 0.15) is 24.0 Å². The Bertz CT molecular complexity index is 516. The molecule has 0 amide bonds. The molecule has 1 aliphatic rings. The molecule has 0 saturated carbocycles. The van der Waals surface area contributed by atoms with Crippen molar-refractivity contribution in [2.45, 2.75) is 18.9 Å². The molecule has 0 heterocycles. The molecule has 1 aromatic carbocycles. The van der Waals surface area contributed by atoms with Crippen LogP contribution < -0.4 is 0 Å². The highest BCUT2D eigenvalue weighted by molar-refractivity contribution is 6.60. The Morgan fingerprint density at radius 2 is 1.81 bits per heavy atom. The first-order chi connectivity index (χ1) is 10.2. The summed E-state index contributed by atoms with van der Waals surface area (Å²) in [4.78, 5) is 4.75. The molecule has 0 unspecified atom stereocenters. The number of rotatable bonds is 7. The Labute approximate surface area is 127 Å². The SMILES string of the molecule is CO[Si](CCCN=C1CC=Cc2ccccc21)(OC)OC. The van der Waals surface area contributed by atoms with Gasteiger partial charge in [0.05, 0.1) is 0 Å². The minimum absolute atomic E-state index is 0.766. The van der Waals surface area contributed by atoms with E-state index in [0.717, 1.165) is 31.1 Å². The lowest BCUT2D eigenvalue weighted by molar-refractivity contribution is 0.123. The predicted molar refractivity (Wildman–Crippen MR) is 87.7 cm³/mol. The number of aliphatic imine (C=N–C) groups is 1. The van der Waals surface area contributed by atoms with Crippen LogP contribution in [-0.4, -0.2) is 42.4 Å². The topological polar surface area (TPSA) is 40.0 Å². The van der Waals surface area contributed by atoms with Crippen molar-refractivity contribution < 1.29 is 13.3 Å². The van der Waals surface area contributed by atoms with E-state index in [4.69, 9.17) is 18.3 Å². The number of allylic oxidation sites excluding steroid dienone is 1. The zero-order valence-electron chi connectivity index (χ0n) is 13.0. The zero-order chi connectivity index (χ0) is 15.1. The fourth-order valence-electron chi connectivity index (χ4n) is 2.53. The van der Waals surface area contributed by atoms with Gasteiger partial charge >= 0.3 is 8.80 Å². The number of hydrogen-bond donors (Lipinski definition) is 0. The van der Waals surface area contributed by atoms with E-state index in [0.29, 0.717) is 0 Å². The van der Waals surface area contributed by atoms with E-state index in [1.807, 2.05) is 0 Å². The molecule has 0 saturated heterocycles. The highest BCUT2D eigenvalue weighted by Crippen LogP contribution is 2.20. The fourth-order valence-corrected chi connectivity index (χ4v) is 4.23. The summed E-state index contributed by atoms with van der Waals surface area (Å²) >= 11 is 0. The molecule has 0 aliphatic heterocycles. The van der Waals surface area contributed by atoms with Crippen molar-refractivity contribution in [2.24, 2.45) is 4.99 Å². The first kappa shape index (κ1) is 16.1. The second-order valence-electron chi connectivity index (χ2n) is 4.92. The predicted octanol–water partition coefficient (Wildman–Crippen LogP) is 3.16. The third kappa shape index (κ3) is 3.88. The molecule has 1 aliphatic carbocycles. The maximum atomic E-state index is 5.42. The molecule has 1 aromatic rings. The molecule has 0 atom stereocenters. The van der Waals surface area contributed by atoms with Gasteiger partial charge in [-0.25, -0.2) is 0 Å². The Kier molecular flexibility index (Phi) is 5.87. The van der Waals surface area contributed by atoms with Gasteiger partial charge in [0.1, 0.15) is 0 Å². The molecule has 2 rings (SSSR count). The molecule has 0 fully saturated rings. The largest absolute Gasteiger partial charge is 0.500 e. The van der Waals surface area contributed by atoms with Crippen molar-refractivity contribution in [2.75, 3.05) is 27.9 Å². The first-order valence-electron chi connectivity index (χ1n) is 7.19. The Morgan fingerprint density at radius 1 is 1.10 bits per heavy atom. The minimum atomic E-state index is -2.46. The normalized spacial score (nSPS) is 16.2. The third-order valence-electron chi connectivity index (χ3n) is 3.76. The van der Waals surface area contributed by atoms with Crippen LogP contribution in [-0.2, 0) is 13.3 Å². The number of benzene rings is 1. The van der Waals surface area contributed by atoms with Crippen LogP contribution in [0.5, 0.6) is 0 Å². The highest BCUT2D eigenvalue weighted by Gasteiger charge is 2.36. The van der Waals surface area contributed by atoms with Gasteiger partial charge in [-0.15, -0.1) is 0 Å². The summed E-state index contributed by atoms with van der Waals surface area (Å²) in [6, 6.07) is 9.16. The van der Waals surface area contributed by atoms with Gasteiger partial charge < -0.3 is 13.3 Å². The van der Waals surface area contributed by atoms with Crippen molar-refractivity contribution in [3.63, 3.8) is 0 Å². The Balaban J connectivity index is 1.95. The standard InChI is InChI=1S/C16H23NO3Si/c1-18-21(19-2,20-3)13-7-12-17-16-11-6-9-14-8-4-5-10-15(14)16/h4-6,8-10H,7,11-13H2,1-3H3. The highest BCUT2D eigenvalue weighted by atomic mass is 28.4. The van der Waals surface area contributed by atoms with Gasteiger partial charge in [-0.1, -0.05) is 36.4 Å². The van der Waals surface area contributed by atoms with Crippen LogP contribution in [0.4, 0.5) is 0 Å². The molecule has 114 valence electrons. The molecule has 0 bridgehead atoms. The van der Waals surface area contributed by atoms with Gasteiger partial charge in [0.25, 0.3) is 0 Å². The van der Waals surface area contributed by atoms with E-state index in [-0.39, 0.29) is 0 Å². The summed E-state index contributed by atoms with van der Waals surface area (Å²) in [7, 11) is 2.48. The average Bonchev–Trinajstić information content (AvgIpc) is 2.56. The number of fused-ring (bicyclic) bond motifs is 1. The van der Waals surface area contributed by atoms with Crippen LogP contribution in [0.25, 0.3) is 6.08 Å².